The molecule has 4 aromatic rings. The number of hydrogen-bond acceptors (Lipinski definition) is 9. The molecular formula is C29H24N2O6S2. The fraction of sp³-hybridized carbons (Fsp3) is 0.207. The number of carbonyl (C=O) groups excluding carboxylic acids is 1. The molecule has 10 heteroatoms. The molecular weight excluding hydrogens is 536 g/mol. The highest BCUT2D eigenvalue weighted by Gasteiger charge is 2.33. The van der Waals surface area contributed by atoms with Crippen LogP contribution in [0.5, 0.6) is 17.2 Å². The van der Waals surface area contributed by atoms with Crippen molar-refractivity contribution in [2.75, 3.05) is 13.4 Å². The number of hydrogen-bond donors (Lipinski definition) is 0. The number of aromatic nitrogens is 1. The summed E-state index contributed by atoms with van der Waals surface area (Å²) in [6, 6.07) is 16.5. The van der Waals surface area contributed by atoms with Gasteiger partial charge in [0.2, 0.25) is 6.79 Å². The number of esters is 1. The Hall–Kier alpha value is -4.15. The summed E-state index contributed by atoms with van der Waals surface area (Å²) < 4.78 is 24.2. The van der Waals surface area contributed by atoms with Crippen molar-refractivity contribution in [3.63, 3.8) is 0 Å². The number of thiazole rings is 1. The highest BCUT2D eigenvalue weighted by molar-refractivity contribution is 7.10. The molecule has 2 aliphatic heterocycles. The number of fused-ring (bicyclic) bond motifs is 2. The first-order valence-corrected chi connectivity index (χ1v) is 14.1. The molecule has 2 aromatic carbocycles. The fourth-order valence-electron chi connectivity index (χ4n) is 4.52. The van der Waals surface area contributed by atoms with Crippen LogP contribution < -0.4 is 29.1 Å². The zero-order chi connectivity index (χ0) is 26.9. The third-order valence-electron chi connectivity index (χ3n) is 6.35. The minimum atomic E-state index is -0.575. The SMILES string of the molecule is CCOC(=O)C1=C(C)N=c2s/c(=C\c3ccc(OCc4ccc5c(c4)OCO5)cc3)c(=O)n2[C@@H]1c1cccs1. The Labute approximate surface area is 231 Å². The van der Waals surface area contributed by atoms with E-state index < -0.39 is 12.0 Å². The van der Waals surface area contributed by atoms with E-state index in [9.17, 15) is 9.59 Å². The summed E-state index contributed by atoms with van der Waals surface area (Å²) in [5, 5.41) is 1.93. The number of nitrogens with zero attached hydrogens (tertiary/aromatic N) is 2. The molecule has 0 radical (unpaired) electrons. The van der Waals surface area contributed by atoms with Gasteiger partial charge >= 0.3 is 5.97 Å². The van der Waals surface area contributed by atoms with Crippen LogP contribution in [0.3, 0.4) is 0 Å². The average Bonchev–Trinajstić information content (AvgIpc) is 3.69. The number of allylic oxidation sites excluding steroid dienone is 1. The van der Waals surface area contributed by atoms with E-state index in [1.54, 1.807) is 18.4 Å². The molecule has 4 heterocycles. The Balaban J connectivity index is 1.27. The fourth-order valence-corrected chi connectivity index (χ4v) is 6.39. The summed E-state index contributed by atoms with van der Waals surface area (Å²) in [6.07, 6.45) is 1.83. The summed E-state index contributed by atoms with van der Waals surface area (Å²) >= 11 is 2.79. The minimum absolute atomic E-state index is 0.199. The van der Waals surface area contributed by atoms with Gasteiger partial charge in [0.25, 0.3) is 5.56 Å². The first-order chi connectivity index (χ1) is 19.0. The van der Waals surface area contributed by atoms with Crippen LogP contribution in [0, 0.1) is 0 Å². The molecule has 0 amide bonds. The van der Waals surface area contributed by atoms with E-state index in [1.165, 1.54) is 22.7 Å². The standard InChI is InChI=1S/C29H24N2O6S2/c1-3-34-28(33)25-17(2)30-29-31(26(25)23-5-4-12-38-23)27(32)24(39-29)14-18-6-9-20(10-7-18)35-15-19-8-11-21-22(13-19)37-16-36-21/h4-14,26H,3,15-16H2,1-2H3/b24-14-/t26-/m1/s1. The van der Waals surface area contributed by atoms with Crippen molar-refractivity contribution in [3.05, 3.63) is 107 Å². The normalized spacial score (nSPS) is 16.2. The van der Waals surface area contributed by atoms with Gasteiger partial charge in [0.15, 0.2) is 16.3 Å². The lowest BCUT2D eigenvalue weighted by Gasteiger charge is -2.23. The molecule has 0 bridgehead atoms. The van der Waals surface area contributed by atoms with Crippen molar-refractivity contribution in [1.82, 2.24) is 4.57 Å². The monoisotopic (exact) mass is 560 g/mol. The van der Waals surface area contributed by atoms with Gasteiger partial charge in [0.1, 0.15) is 18.4 Å². The number of rotatable bonds is 7. The first-order valence-electron chi connectivity index (χ1n) is 12.4. The Morgan fingerprint density at radius 3 is 2.74 bits per heavy atom. The molecule has 0 aliphatic carbocycles. The molecule has 0 saturated heterocycles. The van der Waals surface area contributed by atoms with Crippen molar-refractivity contribution in [2.24, 2.45) is 4.99 Å². The quantitative estimate of drug-likeness (QED) is 0.316. The lowest BCUT2D eigenvalue weighted by molar-refractivity contribution is -0.139. The van der Waals surface area contributed by atoms with E-state index >= 15 is 0 Å². The molecule has 0 spiro atoms. The smallest absolute Gasteiger partial charge is 0.338 e. The minimum Gasteiger partial charge on any atom is -0.489 e. The molecule has 0 N–H and O–H groups in total. The van der Waals surface area contributed by atoms with E-state index in [1.807, 2.05) is 66.1 Å². The van der Waals surface area contributed by atoms with Crippen LogP contribution in [-0.4, -0.2) is 23.9 Å². The van der Waals surface area contributed by atoms with E-state index in [0.717, 1.165) is 27.5 Å². The molecule has 39 heavy (non-hydrogen) atoms. The van der Waals surface area contributed by atoms with Gasteiger partial charge in [0, 0.05) is 4.88 Å². The van der Waals surface area contributed by atoms with Crippen LogP contribution >= 0.6 is 22.7 Å². The van der Waals surface area contributed by atoms with Crippen LogP contribution in [0.25, 0.3) is 6.08 Å². The van der Waals surface area contributed by atoms with Crippen LogP contribution in [0.1, 0.15) is 35.9 Å². The van der Waals surface area contributed by atoms with Crippen LogP contribution in [0.4, 0.5) is 0 Å². The molecule has 2 aliphatic rings. The van der Waals surface area contributed by atoms with E-state index in [0.29, 0.717) is 33.0 Å². The van der Waals surface area contributed by atoms with Crippen molar-refractivity contribution >= 4 is 34.7 Å². The van der Waals surface area contributed by atoms with Crippen molar-refractivity contribution < 1.29 is 23.7 Å². The predicted molar refractivity (Wildman–Crippen MR) is 148 cm³/mol. The van der Waals surface area contributed by atoms with Gasteiger partial charge in [-0.05, 0) is 66.8 Å². The Morgan fingerprint density at radius 2 is 1.97 bits per heavy atom. The van der Waals surface area contributed by atoms with Crippen molar-refractivity contribution in [1.29, 1.82) is 0 Å². The van der Waals surface area contributed by atoms with Gasteiger partial charge in [-0.1, -0.05) is 35.6 Å². The Morgan fingerprint density at radius 1 is 1.15 bits per heavy atom. The summed E-state index contributed by atoms with van der Waals surface area (Å²) in [7, 11) is 0. The second-order valence-electron chi connectivity index (χ2n) is 8.86. The van der Waals surface area contributed by atoms with Crippen LogP contribution in [0.2, 0.25) is 0 Å². The lowest BCUT2D eigenvalue weighted by atomic mass is 10.0. The third kappa shape index (κ3) is 4.88. The van der Waals surface area contributed by atoms with Gasteiger partial charge in [-0.2, -0.15) is 0 Å². The van der Waals surface area contributed by atoms with Gasteiger partial charge in [0.05, 0.1) is 22.4 Å². The van der Waals surface area contributed by atoms with Crippen molar-refractivity contribution in [2.45, 2.75) is 26.5 Å². The zero-order valence-electron chi connectivity index (χ0n) is 21.2. The second-order valence-corrected chi connectivity index (χ2v) is 10.9. The molecule has 6 rings (SSSR count). The first kappa shape index (κ1) is 25.1. The Kier molecular flexibility index (Phi) is 6.80. The molecule has 2 aromatic heterocycles. The zero-order valence-corrected chi connectivity index (χ0v) is 22.8. The molecule has 0 unspecified atom stereocenters. The highest BCUT2D eigenvalue weighted by Crippen LogP contribution is 2.34. The largest absolute Gasteiger partial charge is 0.489 e. The van der Waals surface area contributed by atoms with E-state index in [2.05, 4.69) is 4.99 Å². The average molecular weight is 561 g/mol. The topological polar surface area (TPSA) is 88.4 Å². The summed E-state index contributed by atoms with van der Waals surface area (Å²) in [6.45, 7) is 4.41. The summed E-state index contributed by atoms with van der Waals surface area (Å²) in [4.78, 5) is 32.6. The summed E-state index contributed by atoms with van der Waals surface area (Å²) in [5.74, 6) is 1.71. The molecule has 0 saturated carbocycles. The maximum Gasteiger partial charge on any atom is 0.338 e. The van der Waals surface area contributed by atoms with Crippen LogP contribution in [0.15, 0.2) is 81.0 Å². The van der Waals surface area contributed by atoms with E-state index in [4.69, 9.17) is 18.9 Å². The number of ether oxygens (including phenoxy) is 4. The second kappa shape index (κ2) is 10.5. The maximum atomic E-state index is 13.6. The molecule has 1 atom stereocenters. The molecule has 8 nitrogen and oxygen atoms in total. The number of benzene rings is 2. The van der Waals surface area contributed by atoms with Crippen LogP contribution in [-0.2, 0) is 16.1 Å². The van der Waals surface area contributed by atoms with Crippen molar-refractivity contribution in [3.8, 4) is 17.2 Å². The highest BCUT2D eigenvalue weighted by atomic mass is 32.1. The number of thiophene rings is 1. The lowest BCUT2D eigenvalue weighted by Crippen LogP contribution is -2.39. The summed E-state index contributed by atoms with van der Waals surface area (Å²) in [5.41, 5.74) is 2.58. The number of carbonyl (C=O) groups is 1. The van der Waals surface area contributed by atoms with E-state index in [-0.39, 0.29) is 19.0 Å². The third-order valence-corrected chi connectivity index (χ3v) is 8.26. The predicted octanol–water partition coefficient (Wildman–Crippen LogP) is 4.17. The van der Waals surface area contributed by atoms with Gasteiger partial charge in [-0.15, -0.1) is 11.3 Å². The molecule has 0 fully saturated rings. The maximum absolute atomic E-state index is 13.6. The van der Waals surface area contributed by atoms with Gasteiger partial charge < -0.3 is 18.9 Å². The van der Waals surface area contributed by atoms with Gasteiger partial charge in [-0.3, -0.25) is 9.36 Å². The van der Waals surface area contributed by atoms with Gasteiger partial charge in [-0.25, -0.2) is 9.79 Å². The Bertz CT molecular complexity index is 1750. The molecule has 198 valence electrons.